The first-order valence-corrected chi connectivity index (χ1v) is 11.5. The lowest BCUT2D eigenvalue weighted by molar-refractivity contribution is -0.127. The molecular formula is C25H30ClFN2O2. The van der Waals surface area contributed by atoms with Crippen LogP contribution in [0.3, 0.4) is 0 Å². The van der Waals surface area contributed by atoms with Crippen LogP contribution in [-0.4, -0.2) is 43.7 Å². The van der Waals surface area contributed by atoms with Crippen molar-refractivity contribution in [1.29, 1.82) is 0 Å². The molecule has 166 valence electrons. The number of halogens is 2. The van der Waals surface area contributed by atoms with Gasteiger partial charge >= 0.3 is 0 Å². The van der Waals surface area contributed by atoms with E-state index in [1.54, 1.807) is 12.1 Å². The number of carbonyl (C=O) groups is 1. The molecule has 2 aromatic rings. The highest BCUT2D eigenvalue weighted by Gasteiger charge is 2.35. The number of piperidine rings is 1. The Morgan fingerprint density at radius 3 is 2.48 bits per heavy atom. The van der Waals surface area contributed by atoms with Crippen LogP contribution in [0, 0.1) is 11.7 Å². The molecule has 4 rings (SSSR count). The molecule has 0 spiro atoms. The molecule has 0 saturated carbocycles. The van der Waals surface area contributed by atoms with E-state index in [-0.39, 0.29) is 23.1 Å². The number of nitrogens with zero attached hydrogens (tertiary/aromatic N) is 1. The third-order valence-corrected chi connectivity index (χ3v) is 7.19. The zero-order valence-corrected chi connectivity index (χ0v) is 18.5. The predicted octanol–water partition coefficient (Wildman–Crippen LogP) is 4.56. The number of amides is 1. The van der Waals surface area contributed by atoms with Crippen molar-refractivity contribution in [2.24, 2.45) is 5.92 Å². The first-order valence-electron chi connectivity index (χ1n) is 11.1. The summed E-state index contributed by atoms with van der Waals surface area (Å²) in [4.78, 5) is 15.1. The predicted molar refractivity (Wildman–Crippen MR) is 121 cm³/mol. The van der Waals surface area contributed by atoms with Crippen LogP contribution in [0.1, 0.15) is 36.8 Å². The highest BCUT2D eigenvalue weighted by Crippen LogP contribution is 2.34. The van der Waals surface area contributed by atoms with Crippen LogP contribution >= 0.6 is 11.6 Å². The Labute approximate surface area is 188 Å². The highest BCUT2D eigenvalue weighted by molar-refractivity contribution is 6.31. The number of rotatable bonds is 6. The molecule has 31 heavy (non-hydrogen) atoms. The molecule has 0 aromatic heterocycles. The van der Waals surface area contributed by atoms with Crippen molar-refractivity contribution in [1.82, 2.24) is 10.2 Å². The number of likely N-dealkylation sites (tertiary alicyclic amines) is 1. The van der Waals surface area contributed by atoms with Crippen molar-refractivity contribution < 1.29 is 13.9 Å². The molecular weight excluding hydrogens is 415 g/mol. The molecule has 0 atom stereocenters. The van der Waals surface area contributed by atoms with Crippen LogP contribution in [0.2, 0.25) is 5.02 Å². The quantitative estimate of drug-likeness (QED) is 0.710. The van der Waals surface area contributed by atoms with E-state index in [1.807, 2.05) is 6.07 Å². The van der Waals surface area contributed by atoms with Gasteiger partial charge in [-0.05, 0) is 56.5 Å². The lowest BCUT2D eigenvalue weighted by Crippen LogP contribution is -2.47. The SMILES string of the molecule is O=C(NCC1(c2ccccc2)CCOCC1)C1CCN(Cc2c(F)cccc2Cl)CC1. The van der Waals surface area contributed by atoms with E-state index in [4.69, 9.17) is 16.3 Å². The van der Waals surface area contributed by atoms with Crippen molar-refractivity contribution in [3.05, 3.63) is 70.5 Å². The Morgan fingerprint density at radius 2 is 1.81 bits per heavy atom. The Morgan fingerprint density at radius 1 is 1.10 bits per heavy atom. The van der Waals surface area contributed by atoms with Crippen molar-refractivity contribution in [2.45, 2.75) is 37.6 Å². The van der Waals surface area contributed by atoms with Gasteiger partial charge in [0.2, 0.25) is 5.91 Å². The molecule has 2 aromatic carbocycles. The Bertz CT molecular complexity index is 858. The van der Waals surface area contributed by atoms with E-state index in [0.29, 0.717) is 23.7 Å². The Kier molecular flexibility index (Phi) is 7.26. The summed E-state index contributed by atoms with van der Waals surface area (Å²) < 4.78 is 19.7. The maximum absolute atomic E-state index is 14.1. The number of hydrogen-bond acceptors (Lipinski definition) is 3. The Hall–Kier alpha value is -1.95. The summed E-state index contributed by atoms with van der Waals surface area (Å²) in [7, 11) is 0. The number of nitrogens with one attached hydrogen (secondary N) is 1. The molecule has 4 nitrogen and oxygen atoms in total. The normalized spacial score (nSPS) is 19.8. The van der Waals surface area contributed by atoms with E-state index in [9.17, 15) is 9.18 Å². The van der Waals surface area contributed by atoms with Gasteiger partial charge in [-0.3, -0.25) is 9.69 Å². The van der Waals surface area contributed by atoms with Crippen LogP contribution in [0.25, 0.3) is 0 Å². The maximum atomic E-state index is 14.1. The molecule has 1 N–H and O–H groups in total. The van der Waals surface area contributed by atoms with Gasteiger partial charge < -0.3 is 10.1 Å². The second kappa shape index (κ2) is 10.1. The minimum atomic E-state index is -0.268. The molecule has 0 bridgehead atoms. The van der Waals surface area contributed by atoms with Crippen molar-refractivity contribution in [2.75, 3.05) is 32.8 Å². The van der Waals surface area contributed by atoms with E-state index in [2.05, 4.69) is 34.5 Å². The molecule has 2 aliphatic rings. The van der Waals surface area contributed by atoms with Gasteiger partial charge in [0.25, 0.3) is 0 Å². The third-order valence-electron chi connectivity index (χ3n) is 6.84. The van der Waals surface area contributed by atoms with E-state index in [0.717, 1.165) is 52.0 Å². The van der Waals surface area contributed by atoms with E-state index < -0.39 is 0 Å². The van der Waals surface area contributed by atoms with Gasteiger partial charge in [-0.2, -0.15) is 0 Å². The van der Waals surface area contributed by atoms with Gasteiger partial charge in [-0.15, -0.1) is 0 Å². The fraction of sp³-hybridized carbons (Fsp3) is 0.480. The van der Waals surface area contributed by atoms with Gasteiger partial charge in [0.1, 0.15) is 5.82 Å². The Balaban J connectivity index is 1.31. The standard InChI is InChI=1S/C25H30ClFN2O2/c26-22-7-4-8-23(27)21(22)17-29-13-9-19(10-14-29)24(30)28-18-25(11-15-31-16-12-25)20-5-2-1-3-6-20/h1-8,19H,9-18H2,(H,28,30). The molecule has 2 saturated heterocycles. The van der Waals surface area contributed by atoms with Gasteiger partial charge in [0.15, 0.2) is 0 Å². The van der Waals surface area contributed by atoms with Gasteiger partial charge in [-0.1, -0.05) is 48.0 Å². The zero-order valence-electron chi connectivity index (χ0n) is 17.8. The summed E-state index contributed by atoms with van der Waals surface area (Å²) in [6, 6.07) is 15.3. The largest absolute Gasteiger partial charge is 0.381 e. The summed E-state index contributed by atoms with van der Waals surface area (Å²) in [5.74, 6) is -0.139. The topological polar surface area (TPSA) is 41.6 Å². The van der Waals surface area contributed by atoms with Crippen molar-refractivity contribution in [3.63, 3.8) is 0 Å². The van der Waals surface area contributed by atoms with Crippen LogP contribution in [0.4, 0.5) is 4.39 Å². The van der Waals surface area contributed by atoms with Gasteiger partial charge in [-0.25, -0.2) is 4.39 Å². The van der Waals surface area contributed by atoms with Crippen molar-refractivity contribution in [3.8, 4) is 0 Å². The van der Waals surface area contributed by atoms with Crippen LogP contribution in [-0.2, 0) is 21.5 Å². The first kappa shape index (κ1) is 22.3. The molecule has 6 heteroatoms. The molecule has 0 unspecified atom stereocenters. The second-order valence-electron chi connectivity index (χ2n) is 8.73. The molecule has 2 fully saturated rings. The average Bonchev–Trinajstić information content (AvgIpc) is 2.81. The minimum absolute atomic E-state index is 0.00000570. The molecule has 2 heterocycles. The number of carbonyl (C=O) groups excluding carboxylic acids is 1. The van der Waals surface area contributed by atoms with E-state index >= 15 is 0 Å². The minimum Gasteiger partial charge on any atom is -0.381 e. The van der Waals surface area contributed by atoms with Gasteiger partial charge in [0, 0.05) is 48.2 Å². The summed E-state index contributed by atoms with van der Waals surface area (Å²) in [6.45, 7) is 4.10. The second-order valence-corrected chi connectivity index (χ2v) is 9.13. The summed E-state index contributed by atoms with van der Waals surface area (Å²) in [5.41, 5.74) is 1.75. The summed E-state index contributed by atoms with van der Waals surface area (Å²) in [6.07, 6.45) is 3.39. The smallest absolute Gasteiger partial charge is 0.223 e. The van der Waals surface area contributed by atoms with Crippen LogP contribution in [0.15, 0.2) is 48.5 Å². The maximum Gasteiger partial charge on any atom is 0.223 e. The third kappa shape index (κ3) is 5.28. The van der Waals surface area contributed by atoms with Crippen LogP contribution < -0.4 is 5.32 Å². The fourth-order valence-corrected chi connectivity index (χ4v) is 5.01. The molecule has 1 amide bonds. The average molecular weight is 445 g/mol. The monoisotopic (exact) mass is 444 g/mol. The summed E-state index contributed by atoms with van der Waals surface area (Å²) in [5, 5.41) is 3.71. The van der Waals surface area contributed by atoms with E-state index in [1.165, 1.54) is 11.6 Å². The molecule has 0 radical (unpaired) electrons. The zero-order chi connectivity index (χ0) is 21.7. The number of ether oxygens (including phenoxy) is 1. The summed E-state index contributed by atoms with van der Waals surface area (Å²) >= 11 is 6.17. The number of hydrogen-bond donors (Lipinski definition) is 1. The number of benzene rings is 2. The first-order chi connectivity index (χ1) is 15.1. The van der Waals surface area contributed by atoms with Crippen molar-refractivity contribution >= 4 is 17.5 Å². The van der Waals surface area contributed by atoms with Gasteiger partial charge in [0.05, 0.1) is 0 Å². The highest BCUT2D eigenvalue weighted by atomic mass is 35.5. The van der Waals surface area contributed by atoms with Crippen LogP contribution in [0.5, 0.6) is 0 Å². The molecule has 2 aliphatic heterocycles. The fourth-order valence-electron chi connectivity index (χ4n) is 4.78. The lowest BCUT2D eigenvalue weighted by Gasteiger charge is -2.38. The lowest BCUT2D eigenvalue weighted by atomic mass is 9.74. The molecule has 0 aliphatic carbocycles.